The third-order valence-electron chi connectivity index (χ3n) is 4.18. The molecule has 0 fully saturated rings. The lowest BCUT2D eigenvalue weighted by atomic mass is 10.1. The first-order chi connectivity index (χ1) is 13.5. The predicted molar refractivity (Wildman–Crippen MR) is 109 cm³/mol. The van der Waals surface area contributed by atoms with Gasteiger partial charge in [-0.05, 0) is 42.3 Å². The van der Waals surface area contributed by atoms with Crippen LogP contribution in [0.15, 0.2) is 60.9 Å². The maximum Gasteiger partial charge on any atom is 0.271 e. The zero-order chi connectivity index (χ0) is 19.9. The van der Waals surface area contributed by atoms with Crippen molar-refractivity contribution in [2.45, 2.75) is 6.42 Å². The molecule has 0 aliphatic carbocycles. The van der Waals surface area contributed by atoms with Crippen molar-refractivity contribution >= 4 is 23.1 Å². The van der Waals surface area contributed by atoms with Gasteiger partial charge in [0.15, 0.2) is 0 Å². The summed E-state index contributed by atoms with van der Waals surface area (Å²) in [5.41, 5.74) is 2.75. The number of halogens is 1. The number of rotatable bonds is 7. The molecule has 1 aromatic heterocycles. The Morgan fingerprint density at radius 2 is 1.79 bits per heavy atom. The molecule has 28 heavy (non-hydrogen) atoms. The van der Waals surface area contributed by atoms with Crippen LogP contribution in [0.25, 0.3) is 0 Å². The highest BCUT2D eigenvalue weighted by molar-refractivity contribution is 5.92. The Morgan fingerprint density at radius 1 is 1.04 bits per heavy atom. The molecule has 3 aromatic rings. The summed E-state index contributed by atoms with van der Waals surface area (Å²) in [7, 11) is 3.96. The first kappa shape index (κ1) is 19.3. The first-order valence-electron chi connectivity index (χ1n) is 8.91. The number of carbonyl (C=O) groups excluding carboxylic acids is 1. The molecule has 0 aliphatic rings. The summed E-state index contributed by atoms with van der Waals surface area (Å²) in [5, 5.41) is 5.87. The topological polar surface area (TPSA) is 70.2 Å². The van der Waals surface area contributed by atoms with Crippen LogP contribution in [0.5, 0.6) is 0 Å². The van der Waals surface area contributed by atoms with Crippen LogP contribution in [0.4, 0.5) is 21.6 Å². The Hall–Kier alpha value is -3.48. The molecule has 0 spiro atoms. The number of benzene rings is 2. The lowest BCUT2D eigenvalue weighted by molar-refractivity contribution is 0.0948. The molecule has 0 bridgehead atoms. The van der Waals surface area contributed by atoms with E-state index in [9.17, 15) is 9.18 Å². The normalized spacial score (nSPS) is 10.4. The first-order valence-corrected chi connectivity index (χ1v) is 8.91. The lowest BCUT2D eigenvalue weighted by Crippen LogP contribution is -2.26. The van der Waals surface area contributed by atoms with Crippen LogP contribution >= 0.6 is 0 Å². The van der Waals surface area contributed by atoms with Crippen LogP contribution in [0, 0.1) is 5.82 Å². The molecular weight excluding hydrogens is 357 g/mol. The predicted octanol–water partition coefficient (Wildman–Crippen LogP) is 3.40. The van der Waals surface area contributed by atoms with Crippen LogP contribution < -0.4 is 15.5 Å². The molecular formula is C21H22FN5O. The number of hydrogen-bond donors (Lipinski definition) is 2. The van der Waals surface area contributed by atoms with Crippen molar-refractivity contribution in [1.29, 1.82) is 0 Å². The maximum absolute atomic E-state index is 13.6. The van der Waals surface area contributed by atoms with E-state index in [0.717, 1.165) is 11.4 Å². The van der Waals surface area contributed by atoms with Gasteiger partial charge in [0.25, 0.3) is 5.91 Å². The van der Waals surface area contributed by atoms with E-state index in [0.29, 0.717) is 24.3 Å². The van der Waals surface area contributed by atoms with Crippen molar-refractivity contribution in [3.8, 4) is 0 Å². The van der Waals surface area contributed by atoms with Crippen LogP contribution in [0.2, 0.25) is 0 Å². The highest BCUT2D eigenvalue weighted by Crippen LogP contribution is 2.18. The van der Waals surface area contributed by atoms with Crippen molar-refractivity contribution in [2.75, 3.05) is 30.9 Å². The highest BCUT2D eigenvalue weighted by Gasteiger charge is 2.09. The van der Waals surface area contributed by atoms with Gasteiger partial charge in [0.2, 0.25) is 0 Å². The number of carbonyl (C=O) groups is 1. The third-order valence-corrected chi connectivity index (χ3v) is 4.18. The van der Waals surface area contributed by atoms with Crippen LogP contribution in [-0.2, 0) is 6.42 Å². The Balaban J connectivity index is 1.53. The second-order valence-corrected chi connectivity index (χ2v) is 6.45. The SMILES string of the molecule is CN(C)c1ccc(Nc2cnc(C(=O)NCCc3ccccc3F)cn2)cc1. The van der Waals surface area contributed by atoms with E-state index in [1.54, 1.807) is 18.2 Å². The summed E-state index contributed by atoms with van der Waals surface area (Å²) in [6, 6.07) is 14.4. The molecule has 3 rings (SSSR count). The standard InChI is InChI=1S/C21H22FN5O/c1-27(2)17-9-7-16(8-10-17)26-20-14-24-19(13-25-20)21(28)23-12-11-15-5-3-4-6-18(15)22/h3-10,13-14H,11-12H2,1-2H3,(H,23,28)(H,25,26). The van der Waals surface area contributed by atoms with Crippen molar-refractivity contribution < 1.29 is 9.18 Å². The molecule has 0 atom stereocenters. The van der Waals surface area contributed by atoms with Gasteiger partial charge in [-0.15, -0.1) is 0 Å². The monoisotopic (exact) mass is 379 g/mol. The number of nitrogens with one attached hydrogen (secondary N) is 2. The Morgan fingerprint density at radius 3 is 2.43 bits per heavy atom. The van der Waals surface area contributed by atoms with Gasteiger partial charge < -0.3 is 15.5 Å². The van der Waals surface area contributed by atoms with Crippen molar-refractivity contribution in [2.24, 2.45) is 0 Å². The summed E-state index contributed by atoms with van der Waals surface area (Å²) in [6.45, 7) is 0.319. The van der Waals surface area contributed by atoms with Crippen molar-refractivity contribution in [3.63, 3.8) is 0 Å². The fraction of sp³-hybridized carbons (Fsp3) is 0.190. The summed E-state index contributed by atoms with van der Waals surface area (Å²) >= 11 is 0. The molecule has 144 valence electrons. The average Bonchev–Trinajstić information content (AvgIpc) is 2.70. The Kier molecular flexibility index (Phi) is 6.16. The molecule has 0 saturated carbocycles. The van der Waals surface area contributed by atoms with Gasteiger partial charge in [0.05, 0.1) is 12.4 Å². The van der Waals surface area contributed by atoms with E-state index in [-0.39, 0.29) is 17.4 Å². The Bertz CT molecular complexity index is 926. The molecule has 6 nitrogen and oxygen atoms in total. The van der Waals surface area contributed by atoms with Gasteiger partial charge in [-0.3, -0.25) is 4.79 Å². The number of hydrogen-bond acceptors (Lipinski definition) is 5. The summed E-state index contributed by atoms with van der Waals surface area (Å²) in [5.74, 6) is -0.0724. The van der Waals surface area contributed by atoms with E-state index >= 15 is 0 Å². The van der Waals surface area contributed by atoms with Crippen molar-refractivity contribution in [3.05, 3.63) is 78.0 Å². The largest absolute Gasteiger partial charge is 0.378 e. The second kappa shape index (κ2) is 8.94. The van der Waals surface area contributed by atoms with Crippen molar-refractivity contribution in [1.82, 2.24) is 15.3 Å². The van der Waals surface area contributed by atoms with E-state index in [1.165, 1.54) is 18.5 Å². The quantitative estimate of drug-likeness (QED) is 0.658. The van der Waals surface area contributed by atoms with Gasteiger partial charge in [-0.2, -0.15) is 0 Å². The number of amides is 1. The molecule has 1 amide bonds. The van der Waals surface area contributed by atoms with Gasteiger partial charge in [-0.1, -0.05) is 18.2 Å². The van der Waals surface area contributed by atoms with Gasteiger partial charge in [0.1, 0.15) is 17.3 Å². The molecule has 1 heterocycles. The van der Waals surface area contributed by atoms with Gasteiger partial charge in [-0.25, -0.2) is 14.4 Å². The number of anilines is 3. The van der Waals surface area contributed by atoms with Gasteiger partial charge in [0, 0.05) is 32.0 Å². The van der Waals surface area contributed by atoms with E-state index in [1.807, 2.05) is 43.3 Å². The number of nitrogens with zero attached hydrogens (tertiary/aromatic N) is 3. The molecule has 7 heteroatoms. The van der Waals surface area contributed by atoms with Crippen LogP contribution in [-0.4, -0.2) is 36.5 Å². The molecule has 2 N–H and O–H groups in total. The zero-order valence-electron chi connectivity index (χ0n) is 15.8. The summed E-state index contributed by atoms with van der Waals surface area (Å²) in [4.78, 5) is 22.5. The molecule has 0 aliphatic heterocycles. The van der Waals surface area contributed by atoms with Gasteiger partial charge >= 0.3 is 0 Å². The minimum atomic E-state index is -0.342. The molecule has 0 saturated heterocycles. The summed E-state index contributed by atoms with van der Waals surface area (Å²) in [6.07, 6.45) is 3.33. The molecule has 0 unspecified atom stereocenters. The maximum atomic E-state index is 13.6. The lowest BCUT2D eigenvalue weighted by Gasteiger charge is -2.13. The molecule has 0 radical (unpaired) electrons. The van der Waals surface area contributed by atoms with E-state index < -0.39 is 0 Å². The summed E-state index contributed by atoms with van der Waals surface area (Å²) < 4.78 is 13.6. The number of aromatic nitrogens is 2. The van der Waals surface area contributed by atoms with Crippen LogP contribution in [0.1, 0.15) is 16.1 Å². The van der Waals surface area contributed by atoms with E-state index in [2.05, 4.69) is 20.6 Å². The second-order valence-electron chi connectivity index (χ2n) is 6.45. The average molecular weight is 379 g/mol. The third kappa shape index (κ3) is 5.03. The Labute approximate surface area is 163 Å². The fourth-order valence-electron chi connectivity index (χ4n) is 2.60. The minimum absolute atomic E-state index is 0.210. The fourth-order valence-corrected chi connectivity index (χ4v) is 2.60. The minimum Gasteiger partial charge on any atom is -0.378 e. The highest BCUT2D eigenvalue weighted by atomic mass is 19.1. The molecule has 2 aromatic carbocycles. The van der Waals surface area contributed by atoms with E-state index in [4.69, 9.17) is 0 Å². The zero-order valence-corrected chi connectivity index (χ0v) is 15.8. The van der Waals surface area contributed by atoms with Crippen LogP contribution in [0.3, 0.4) is 0 Å². The smallest absolute Gasteiger partial charge is 0.271 e.